The van der Waals surface area contributed by atoms with Crippen LogP contribution in [0.3, 0.4) is 0 Å². The molecule has 4 aromatic rings. The van der Waals surface area contributed by atoms with E-state index < -0.39 is 17.8 Å². The zero-order chi connectivity index (χ0) is 20.2. The maximum absolute atomic E-state index is 13.5. The molecule has 1 N–H and O–H groups in total. The number of alkyl halides is 3. The molecule has 0 bridgehead atoms. The van der Waals surface area contributed by atoms with Crippen LogP contribution in [0.5, 0.6) is 0 Å². The molecule has 0 unspecified atom stereocenters. The van der Waals surface area contributed by atoms with Crippen LogP contribution in [0.25, 0.3) is 28.0 Å². The fourth-order valence-corrected chi connectivity index (χ4v) is 3.06. The number of nitrogens with zero attached hydrogens (tertiary/aromatic N) is 4. The molecule has 28 heavy (non-hydrogen) atoms. The normalized spacial score (nSPS) is 12.0. The van der Waals surface area contributed by atoms with Crippen LogP contribution >= 0.6 is 0 Å². The summed E-state index contributed by atoms with van der Waals surface area (Å²) in [4.78, 5) is 11.0. The summed E-state index contributed by atoms with van der Waals surface area (Å²) < 4.78 is 48.3. The fourth-order valence-electron chi connectivity index (χ4n) is 3.06. The number of halogens is 3. The van der Waals surface area contributed by atoms with Crippen LogP contribution in [0.15, 0.2) is 41.3 Å². The third-order valence-electron chi connectivity index (χ3n) is 4.52. The number of pyridine rings is 1. The minimum absolute atomic E-state index is 0.0222. The van der Waals surface area contributed by atoms with Crippen molar-refractivity contribution in [3.8, 4) is 22.5 Å². The lowest BCUT2D eigenvalue weighted by molar-refractivity contribution is -0.140. The standard InChI is InChI=1S/C18H13F3N4O3/c1-9-15(16(18(19,20)21)23-24(9)2)12-7-22-25-4-3-10(5-13(12)25)14-6-11(8-28-14)17(26)27/h3-8H,1-2H3,(H,26,27). The summed E-state index contributed by atoms with van der Waals surface area (Å²) in [5, 5.41) is 16.8. The molecular formula is C18H13F3N4O3. The third kappa shape index (κ3) is 2.73. The van der Waals surface area contributed by atoms with E-state index in [1.165, 1.54) is 28.5 Å². The Labute approximate surface area is 155 Å². The minimum Gasteiger partial charge on any atom is -0.478 e. The van der Waals surface area contributed by atoms with E-state index in [2.05, 4.69) is 10.2 Å². The van der Waals surface area contributed by atoms with Crippen molar-refractivity contribution in [1.29, 1.82) is 0 Å². The van der Waals surface area contributed by atoms with Crippen molar-refractivity contribution in [1.82, 2.24) is 19.4 Å². The van der Waals surface area contributed by atoms with Crippen molar-refractivity contribution >= 4 is 11.5 Å². The quantitative estimate of drug-likeness (QED) is 0.571. The van der Waals surface area contributed by atoms with Gasteiger partial charge in [0.05, 0.1) is 17.3 Å². The third-order valence-corrected chi connectivity index (χ3v) is 4.52. The number of fused-ring (bicyclic) bond motifs is 1. The van der Waals surface area contributed by atoms with Gasteiger partial charge in [-0.15, -0.1) is 0 Å². The lowest BCUT2D eigenvalue weighted by Gasteiger charge is -2.07. The first kappa shape index (κ1) is 17.8. The van der Waals surface area contributed by atoms with E-state index in [0.717, 1.165) is 6.26 Å². The first-order valence-electron chi connectivity index (χ1n) is 8.07. The molecule has 0 fully saturated rings. The van der Waals surface area contributed by atoms with Crippen molar-refractivity contribution in [2.45, 2.75) is 13.1 Å². The second-order valence-corrected chi connectivity index (χ2v) is 6.24. The van der Waals surface area contributed by atoms with Crippen molar-refractivity contribution < 1.29 is 27.5 Å². The molecule has 10 heteroatoms. The van der Waals surface area contributed by atoms with Crippen LogP contribution in [-0.4, -0.2) is 30.5 Å². The average Bonchev–Trinajstić information content (AvgIpc) is 3.32. The number of carbonyl (C=O) groups is 1. The van der Waals surface area contributed by atoms with Gasteiger partial charge in [0.2, 0.25) is 0 Å². The van der Waals surface area contributed by atoms with Gasteiger partial charge >= 0.3 is 12.1 Å². The second kappa shape index (κ2) is 5.98. The Morgan fingerprint density at radius 2 is 2.04 bits per heavy atom. The molecule has 4 heterocycles. The van der Waals surface area contributed by atoms with Crippen molar-refractivity contribution in [2.24, 2.45) is 7.05 Å². The summed E-state index contributed by atoms with van der Waals surface area (Å²) in [5.74, 6) is -0.854. The predicted molar refractivity (Wildman–Crippen MR) is 91.8 cm³/mol. The summed E-state index contributed by atoms with van der Waals surface area (Å²) in [7, 11) is 1.45. The average molecular weight is 390 g/mol. The summed E-state index contributed by atoms with van der Waals surface area (Å²) >= 11 is 0. The molecule has 0 spiro atoms. The van der Waals surface area contributed by atoms with E-state index in [-0.39, 0.29) is 22.5 Å². The van der Waals surface area contributed by atoms with Crippen molar-refractivity contribution in [3.63, 3.8) is 0 Å². The molecule has 0 amide bonds. The van der Waals surface area contributed by atoms with E-state index in [0.29, 0.717) is 16.8 Å². The number of hydrogen-bond acceptors (Lipinski definition) is 4. The molecule has 4 rings (SSSR count). The first-order valence-corrected chi connectivity index (χ1v) is 8.07. The van der Waals surface area contributed by atoms with Gasteiger partial charge in [-0.1, -0.05) is 0 Å². The Bertz CT molecular complexity index is 1220. The summed E-state index contributed by atoms with van der Waals surface area (Å²) in [5.41, 5.74) is 0.477. The highest BCUT2D eigenvalue weighted by Crippen LogP contribution is 2.40. The van der Waals surface area contributed by atoms with Crippen molar-refractivity contribution in [3.05, 3.63) is 53.8 Å². The molecule has 0 aliphatic heterocycles. The predicted octanol–water partition coefficient (Wildman–Crippen LogP) is 4.02. The number of aryl methyl sites for hydroxylation is 1. The SMILES string of the molecule is Cc1c(-c2cnn3ccc(-c4cc(C(=O)O)co4)cc23)c(C(F)(F)F)nn1C. The number of aromatic carboxylic acids is 1. The van der Waals surface area contributed by atoms with Gasteiger partial charge in [0.25, 0.3) is 0 Å². The van der Waals surface area contributed by atoms with E-state index in [9.17, 15) is 18.0 Å². The van der Waals surface area contributed by atoms with Crippen LogP contribution in [0, 0.1) is 6.92 Å². The summed E-state index contributed by atoms with van der Waals surface area (Å²) in [6.45, 7) is 1.55. The molecule has 4 aromatic heterocycles. The number of hydrogen-bond donors (Lipinski definition) is 1. The Hall–Kier alpha value is -3.56. The highest BCUT2D eigenvalue weighted by atomic mass is 19.4. The summed E-state index contributed by atoms with van der Waals surface area (Å²) in [6, 6.07) is 4.58. The van der Waals surface area contributed by atoms with Crippen LogP contribution in [0.4, 0.5) is 13.2 Å². The monoisotopic (exact) mass is 390 g/mol. The molecule has 144 valence electrons. The molecule has 0 saturated heterocycles. The molecule has 0 aliphatic carbocycles. The highest BCUT2D eigenvalue weighted by Gasteiger charge is 2.39. The second-order valence-electron chi connectivity index (χ2n) is 6.24. The molecule has 7 nitrogen and oxygen atoms in total. The minimum atomic E-state index is -4.62. The number of rotatable bonds is 3. The smallest absolute Gasteiger partial charge is 0.435 e. The molecule has 0 aromatic carbocycles. The molecular weight excluding hydrogens is 377 g/mol. The number of furan rings is 1. The van der Waals surface area contributed by atoms with Crippen LogP contribution in [0.1, 0.15) is 21.7 Å². The number of aromatic nitrogens is 4. The van der Waals surface area contributed by atoms with Gasteiger partial charge in [0, 0.05) is 35.6 Å². The Kier molecular flexibility index (Phi) is 3.81. The molecule has 0 atom stereocenters. The van der Waals surface area contributed by atoms with Gasteiger partial charge in [0.15, 0.2) is 5.69 Å². The van der Waals surface area contributed by atoms with E-state index in [1.807, 2.05) is 0 Å². The van der Waals surface area contributed by atoms with E-state index in [1.54, 1.807) is 25.3 Å². The van der Waals surface area contributed by atoms with E-state index >= 15 is 0 Å². The van der Waals surface area contributed by atoms with Gasteiger partial charge in [-0.2, -0.15) is 23.4 Å². The molecule has 0 saturated carbocycles. The lowest BCUT2D eigenvalue weighted by Crippen LogP contribution is -2.08. The maximum atomic E-state index is 13.5. The Balaban J connectivity index is 1.92. The topological polar surface area (TPSA) is 85.6 Å². The summed E-state index contributed by atoms with van der Waals surface area (Å²) in [6.07, 6.45) is -0.601. The van der Waals surface area contributed by atoms with Crippen LogP contribution in [0.2, 0.25) is 0 Å². The lowest BCUT2D eigenvalue weighted by atomic mass is 10.0. The van der Waals surface area contributed by atoms with Gasteiger partial charge in [-0.05, 0) is 25.1 Å². The Morgan fingerprint density at radius 1 is 1.29 bits per heavy atom. The number of carboxylic acid groups (broad SMARTS) is 1. The maximum Gasteiger partial charge on any atom is 0.435 e. The first-order chi connectivity index (χ1) is 13.2. The largest absolute Gasteiger partial charge is 0.478 e. The van der Waals surface area contributed by atoms with Gasteiger partial charge in [-0.3, -0.25) is 4.68 Å². The van der Waals surface area contributed by atoms with Gasteiger partial charge < -0.3 is 9.52 Å². The van der Waals surface area contributed by atoms with Crippen molar-refractivity contribution in [2.75, 3.05) is 0 Å². The highest BCUT2D eigenvalue weighted by molar-refractivity contribution is 5.89. The van der Waals surface area contributed by atoms with Crippen LogP contribution in [-0.2, 0) is 13.2 Å². The fraction of sp³-hybridized carbons (Fsp3) is 0.167. The van der Waals surface area contributed by atoms with Gasteiger partial charge in [-0.25, -0.2) is 9.31 Å². The zero-order valence-electron chi connectivity index (χ0n) is 14.7. The van der Waals surface area contributed by atoms with Crippen LogP contribution < -0.4 is 0 Å². The zero-order valence-corrected chi connectivity index (χ0v) is 14.7. The Morgan fingerprint density at radius 3 is 2.68 bits per heavy atom. The van der Waals surface area contributed by atoms with Gasteiger partial charge in [0.1, 0.15) is 12.0 Å². The number of carboxylic acids is 1. The molecule has 0 radical (unpaired) electrons. The van der Waals surface area contributed by atoms with E-state index in [4.69, 9.17) is 9.52 Å². The molecule has 0 aliphatic rings.